The second kappa shape index (κ2) is 12.2. The number of amides is 2. The second-order valence-electron chi connectivity index (χ2n) is 9.50. The van der Waals surface area contributed by atoms with Gasteiger partial charge in [0.2, 0.25) is 5.91 Å². The van der Waals surface area contributed by atoms with E-state index >= 15 is 0 Å². The van der Waals surface area contributed by atoms with Gasteiger partial charge in [-0.3, -0.25) is 9.69 Å². The first kappa shape index (κ1) is 26.1. The van der Waals surface area contributed by atoms with Gasteiger partial charge in [-0.2, -0.15) is 0 Å². The van der Waals surface area contributed by atoms with Crippen LogP contribution in [0.2, 0.25) is 0 Å². The Balaban J connectivity index is 2.04. The van der Waals surface area contributed by atoms with Crippen molar-refractivity contribution in [2.75, 3.05) is 32.7 Å². The lowest BCUT2D eigenvalue weighted by molar-refractivity contribution is -0.129. The molecule has 0 bridgehead atoms. The number of rotatable bonds is 9. The van der Waals surface area contributed by atoms with Crippen LogP contribution < -0.4 is 11.1 Å². The molecule has 0 radical (unpaired) electrons. The van der Waals surface area contributed by atoms with Crippen molar-refractivity contribution >= 4 is 12.0 Å². The van der Waals surface area contributed by atoms with E-state index in [1.165, 1.54) is 0 Å². The lowest BCUT2D eigenvalue weighted by atomic mass is 10.0. The van der Waals surface area contributed by atoms with E-state index < -0.39 is 29.9 Å². The second-order valence-corrected chi connectivity index (χ2v) is 9.50. The van der Waals surface area contributed by atoms with Crippen molar-refractivity contribution in [1.82, 2.24) is 15.1 Å². The maximum Gasteiger partial charge on any atom is 0.410 e. The minimum Gasteiger partial charge on any atom is -0.444 e. The molecule has 1 aromatic rings. The molecule has 1 fully saturated rings. The van der Waals surface area contributed by atoms with Crippen molar-refractivity contribution < 1.29 is 19.4 Å². The Morgan fingerprint density at radius 2 is 1.94 bits per heavy atom. The van der Waals surface area contributed by atoms with Gasteiger partial charge >= 0.3 is 6.09 Å². The number of nitrogens with two attached hydrogens (primary N) is 1. The first-order valence-corrected chi connectivity index (χ1v) is 11.6. The molecule has 0 spiro atoms. The normalized spacial score (nSPS) is 19.3. The number of carbonyl (C=O) groups excluding carboxylic acids is 2. The topological polar surface area (TPSA) is 108 Å². The maximum absolute atomic E-state index is 12.9. The number of carbonyl (C=O) groups is 2. The molecule has 2 rings (SSSR count). The van der Waals surface area contributed by atoms with Crippen LogP contribution in [-0.4, -0.2) is 83.4 Å². The van der Waals surface area contributed by atoms with Crippen LogP contribution in [0.3, 0.4) is 0 Å². The molecule has 0 aromatic heterocycles. The fraction of sp³-hybridized carbons (Fsp3) is 0.667. The highest BCUT2D eigenvalue weighted by atomic mass is 16.6. The zero-order valence-corrected chi connectivity index (χ0v) is 19.9. The standard InChI is InChI=1S/C24H40N4O4/c1-5-6-12-26-22(30)20-16-28(23(31)32-24(2,3)4)14-13-27(20)17-21(29)19(25)15-18-10-8-7-9-11-18/h7-11,19-21,29H,5-6,12-17,25H2,1-4H3,(H,26,30)/t19-,20-,21+/m0/s1. The molecule has 1 heterocycles. The molecule has 0 unspecified atom stereocenters. The monoisotopic (exact) mass is 448 g/mol. The Morgan fingerprint density at radius 1 is 1.25 bits per heavy atom. The van der Waals surface area contributed by atoms with E-state index in [0.29, 0.717) is 26.1 Å². The summed E-state index contributed by atoms with van der Waals surface area (Å²) in [5.41, 5.74) is 6.72. The van der Waals surface area contributed by atoms with Gasteiger partial charge in [0.25, 0.3) is 0 Å². The van der Waals surface area contributed by atoms with Gasteiger partial charge in [0.1, 0.15) is 11.6 Å². The molecule has 1 aliphatic heterocycles. The predicted molar refractivity (Wildman–Crippen MR) is 125 cm³/mol. The fourth-order valence-corrected chi connectivity index (χ4v) is 3.68. The van der Waals surface area contributed by atoms with Crippen molar-refractivity contribution in [3.05, 3.63) is 35.9 Å². The number of β-amino-alcohol motifs (C(OH)–C–C–N with tert-alkyl or cyclic N) is 1. The van der Waals surface area contributed by atoms with Crippen LogP contribution in [0.4, 0.5) is 4.79 Å². The van der Waals surface area contributed by atoms with E-state index in [-0.39, 0.29) is 19.0 Å². The summed E-state index contributed by atoms with van der Waals surface area (Å²) < 4.78 is 5.49. The number of hydrogen-bond donors (Lipinski definition) is 3. The summed E-state index contributed by atoms with van der Waals surface area (Å²) in [5.74, 6) is -0.143. The molecule has 4 N–H and O–H groups in total. The van der Waals surface area contributed by atoms with Gasteiger partial charge in [-0.1, -0.05) is 43.7 Å². The lowest BCUT2D eigenvalue weighted by Crippen LogP contribution is -2.62. The zero-order valence-electron chi connectivity index (χ0n) is 19.9. The van der Waals surface area contributed by atoms with Crippen LogP contribution in [0.5, 0.6) is 0 Å². The van der Waals surface area contributed by atoms with E-state index in [1.54, 1.807) is 4.90 Å². The largest absolute Gasteiger partial charge is 0.444 e. The van der Waals surface area contributed by atoms with E-state index in [0.717, 1.165) is 18.4 Å². The summed E-state index contributed by atoms with van der Waals surface area (Å²) in [6.07, 6.45) is 1.19. The van der Waals surface area contributed by atoms with Gasteiger partial charge in [0.15, 0.2) is 0 Å². The number of ether oxygens (including phenoxy) is 1. The third-order valence-corrected chi connectivity index (χ3v) is 5.51. The molecule has 32 heavy (non-hydrogen) atoms. The molecular weight excluding hydrogens is 408 g/mol. The van der Waals surface area contributed by atoms with Gasteiger partial charge in [0, 0.05) is 38.8 Å². The highest BCUT2D eigenvalue weighted by molar-refractivity contribution is 5.83. The van der Waals surface area contributed by atoms with Crippen LogP contribution in [0, 0.1) is 0 Å². The summed E-state index contributed by atoms with van der Waals surface area (Å²) in [7, 11) is 0. The highest BCUT2D eigenvalue weighted by Crippen LogP contribution is 2.17. The Kier molecular flexibility index (Phi) is 9.93. The van der Waals surface area contributed by atoms with Gasteiger partial charge in [-0.05, 0) is 39.2 Å². The van der Waals surface area contributed by atoms with Crippen molar-refractivity contribution in [2.45, 2.75) is 70.7 Å². The van der Waals surface area contributed by atoms with Crippen LogP contribution in [0.1, 0.15) is 46.1 Å². The molecular formula is C24H40N4O4. The molecule has 0 aliphatic carbocycles. The van der Waals surface area contributed by atoms with Gasteiger partial charge in [0.05, 0.1) is 6.10 Å². The van der Waals surface area contributed by atoms with E-state index in [9.17, 15) is 14.7 Å². The SMILES string of the molecule is CCCCNC(=O)[C@@H]1CN(C(=O)OC(C)(C)C)CCN1C[C@@H](O)[C@@H](N)Cc1ccccc1. The molecule has 0 saturated carbocycles. The van der Waals surface area contributed by atoms with Crippen LogP contribution >= 0.6 is 0 Å². The van der Waals surface area contributed by atoms with Gasteiger partial charge in [-0.25, -0.2) is 4.79 Å². The third kappa shape index (κ3) is 8.41. The molecule has 8 nitrogen and oxygen atoms in total. The maximum atomic E-state index is 12.9. The van der Waals surface area contributed by atoms with Crippen molar-refractivity contribution in [3.8, 4) is 0 Å². The van der Waals surface area contributed by atoms with Crippen molar-refractivity contribution in [3.63, 3.8) is 0 Å². The Morgan fingerprint density at radius 3 is 2.56 bits per heavy atom. The number of unbranched alkanes of at least 4 members (excludes halogenated alkanes) is 1. The summed E-state index contributed by atoms with van der Waals surface area (Å²) >= 11 is 0. The number of nitrogens with zero attached hydrogens (tertiary/aromatic N) is 2. The van der Waals surface area contributed by atoms with Crippen LogP contribution in [0.15, 0.2) is 30.3 Å². The number of hydrogen-bond acceptors (Lipinski definition) is 6. The molecule has 2 amide bonds. The number of piperazine rings is 1. The predicted octanol–water partition coefficient (Wildman–Crippen LogP) is 1.75. The smallest absolute Gasteiger partial charge is 0.410 e. The number of aliphatic hydroxyl groups is 1. The Hall–Kier alpha value is -2.16. The minimum absolute atomic E-state index is 0.143. The summed E-state index contributed by atoms with van der Waals surface area (Å²) in [5, 5.41) is 13.7. The Labute approximate surface area is 192 Å². The lowest BCUT2D eigenvalue weighted by Gasteiger charge is -2.42. The first-order chi connectivity index (χ1) is 15.1. The number of aliphatic hydroxyl groups excluding tert-OH is 1. The number of benzene rings is 1. The molecule has 1 aliphatic rings. The third-order valence-electron chi connectivity index (χ3n) is 5.51. The highest BCUT2D eigenvalue weighted by Gasteiger charge is 2.37. The average Bonchev–Trinajstić information content (AvgIpc) is 2.73. The van der Waals surface area contributed by atoms with Crippen LogP contribution in [-0.2, 0) is 16.0 Å². The Bertz CT molecular complexity index is 722. The minimum atomic E-state index is -0.797. The van der Waals surface area contributed by atoms with Gasteiger partial charge in [-0.15, -0.1) is 0 Å². The molecule has 1 saturated heterocycles. The molecule has 180 valence electrons. The molecule has 8 heteroatoms. The van der Waals surface area contributed by atoms with Crippen molar-refractivity contribution in [2.24, 2.45) is 5.73 Å². The first-order valence-electron chi connectivity index (χ1n) is 11.6. The molecule has 1 aromatic carbocycles. The average molecular weight is 449 g/mol. The molecule has 3 atom stereocenters. The summed E-state index contributed by atoms with van der Waals surface area (Å²) in [6, 6.07) is 8.78. The van der Waals surface area contributed by atoms with Crippen LogP contribution in [0.25, 0.3) is 0 Å². The van der Waals surface area contributed by atoms with Gasteiger partial charge < -0.3 is 25.8 Å². The quantitative estimate of drug-likeness (QED) is 0.497. The van der Waals surface area contributed by atoms with Crippen molar-refractivity contribution in [1.29, 1.82) is 0 Å². The zero-order chi connectivity index (χ0) is 23.7. The summed E-state index contributed by atoms with van der Waals surface area (Å²) in [6.45, 7) is 9.47. The van der Waals surface area contributed by atoms with E-state index in [1.807, 2.05) is 56.0 Å². The number of nitrogens with one attached hydrogen (secondary N) is 1. The fourth-order valence-electron chi connectivity index (χ4n) is 3.68. The van der Waals surface area contributed by atoms with E-state index in [4.69, 9.17) is 10.5 Å². The van der Waals surface area contributed by atoms with E-state index in [2.05, 4.69) is 12.2 Å². The summed E-state index contributed by atoms with van der Waals surface area (Å²) in [4.78, 5) is 29.0.